The van der Waals surface area contributed by atoms with Crippen LogP contribution in [0.25, 0.3) is 0 Å². The molecule has 2 heterocycles. The number of rotatable bonds is 7. The van der Waals surface area contributed by atoms with Crippen LogP contribution in [0.4, 0.5) is 15.8 Å². The third-order valence-corrected chi connectivity index (χ3v) is 12.6. The minimum atomic E-state index is -1.63. The highest BCUT2D eigenvalue weighted by molar-refractivity contribution is 6.32. The van der Waals surface area contributed by atoms with Crippen molar-refractivity contribution in [3.63, 3.8) is 0 Å². The maximum Gasteiger partial charge on any atom is 0.260 e. The molecule has 0 aromatic heterocycles. The van der Waals surface area contributed by atoms with E-state index in [1.54, 1.807) is 78.9 Å². The molecular weight excluding hydrogens is 768 g/mol. The summed E-state index contributed by atoms with van der Waals surface area (Å²) in [6.45, 7) is 0. The summed E-state index contributed by atoms with van der Waals surface area (Å²) in [5, 5.41) is 11.9. The number of aromatic hydroxyl groups is 1. The predicted molar refractivity (Wildman–Crippen MR) is 211 cm³/mol. The summed E-state index contributed by atoms with van der Waals surface area (Å²) in [4.78, 5) is 73.3. The van der Waals surface area contributed by atoms with Crippen molar-refractivity contribution in [2.45, 2.75) is 24.2 Å². The molecule has 57 heavy (non-hydrogen) atoms. The number of carbonyl (C=O) groups excluding carboxylic acids is 5. The molecule has 5 aromatic carbocycles. The normalized spacial score (nSPS) is 25.2. The fraction of sp³-hybridized carbons (Fsp3) is 0.178. The van der Waals surface area contributed by atoms with Crippen LogP contribution in [0.3, 0.4) is 0 Å². The van der Waals surface area contributed by atoms with E-state index in [-0.39, 0.29) is 29.4 Å². The number of phenolic OH excluding ortho intramolecular Hbond substituents is 1. The van der Waals surface area contributed by atoms with Crippen LogP contribution in [0, 0.1) is 29.5 Å². The number of benzene rings is 5. The molecule has 2 aliphatic carbocycles. The second-order valence-electron chi connectivity index (χ2n) is 14.8. The number of amides is 4. The second-order valence-corrected chi connectivity index (χ2v) is 15.7. The first kappa shape index (κ1) is 36.5. The van der Waals surface area contributed by atoms with Gasteiger partial charge in [-0.1, -0.05) is 83.4 Å². The van der Waals surface area contributed by atoms with Crippen molar-refractivity contribution >= 4 is 64.0 Å². The number of allylic oxidation sites excluding steroid dienone is 2. The molecule has 9 rings (SSSR count). The monoisotopic (exact) mass is 799 g/mol. The number of nitrogens with zero attached hydrogens (tertiary/aromatic N) is 2. The Bertz CT molecular complexity index is 2530. The van der Waals surface area contributed by atoms with Crippen molar-refractivity contribution in [3.8, 4) is 5.75 Å². The van der Waals surface area contributed by atoms with Crippen LogP contribution in [0.2, 0.25) is 10.0 Å². The van der Waals surface area contributed by atoms with Crippen LogP contribution >= 0.6 is 23.2 Å². The Kier molecular flexibility index (Phi) is 8.86. The topological polar surface area (TPSA) is 124 Å². The highest BCUT2D eigenvalue weighted by Gasteiger charge is 2.70. The van der Waals surface area contributed by atoms with Crippen LogP contribution in [-0.2, 0) is 24.6 Å². The Labute approximate surface area is 336 Å². The van der Waals surface area contributed by atoms with E-state index in [0.29, 0.717) is 44.2 Å². The van der Waals surface area contributed by atoms with Crippen LogP contribution in [0.5, 0.6) is 5.75 Å². The van der Waals surface area contributed by atoms with Gasteiger partial charge in [-0.05, 0) is 103 Å². The lowest BCUT2D eigenvalue weighted by molar-refractivity contribution is -0.138. The van der Waals surface area contributed by atoms with Crippen molar-refractivity contribution in [2.24, 2.45) is 23.7 Å². The summed E-state index contributed by atoms with van der Waals surface area (Å²) < 4.78 is 13.9. The van der Waals surface area contributed by atoms with Crippen molar-refractivity contribution in [2.75, 3.05) is 10.3 Å². The molecule has 1 saturated carbocycles. The lowest BCUT2D eigenvalue weighted by Crippen LogP contribution is -2.53. The van der Waals surface area contributed by atoms with Crippen LogP contribution in [0.15, 0.2) is 133 Å². The summed E-state index contributed by atoms with van der Waals surface area (Å²) in [6, 6.07) is 31.5. The molecule has 0 bridgehead atoms. The molecule has 4 amide bonds. The van der Waals surface area contributed by atoms with Gasteiger partial charge in [0.1, 0.15) is 11.6 Å². The van der Waals surface area contributed by atoms with E-state index in [0.717, 1.165) is 9.91 Å². The number of phenols is 1. The van der Waals surface area contributed by atoms with Crippen molar-refractivity contribution in [3.05, 3.63) is 171 Å². The van der Waals surface area contributed by atoms with E-state index >= 15 is 4.79 Å². The molecule has 6 atom stereocenters. The third-order valence-electron chi connectivity index (χ3n) is 12.0. The number of hydrogen-bond acceptors (Lipinski definition) is 7. The number of anilines is 2. The van der Waals surface area contributed by atoms with Crippen molar-refractivity contribution in [1.29, 1.82) is 0 Å². The summed E-state index contributed by atoms with van der Waals surface area (Å²) in [5.74, 6) is -7.15. The predicted octanol–water partition coefficient (Wildman–Crippen LogP) is 8.26. The maximum atomic E-state index is 15.3. The molecule has 0 spiro atoms. The average molecular weight is 801 g/mol. The summed E-state index contributed by atoms with van der Waals surface area (Å²) in [7, 11) is 0. The van der Waals surface area contributed by atoms with Gasteiger partial charge in [0, 0.05) is 27.1 Å². The van der Waals surface area contributed by atoms with E-state index in [9.17, 15) is 28.7 Å². The lowest BCUT2D eigenvalue weighted by Gasteiger charge is -2.50. The minimum Gasteiger partial charge on any atom is -0.508 e. The molecule has 0 unspecified atom stereocenters. The number of hydrazine groups is 1. The average Bonchev–Trinajstić information content (AvgIpc) is 3.60. The Morgan fingerprint density at radius 2 is 1.46 bits per heavy atom. The fourth-order valence-corrected chi connectivity index (χ4v) is 9.93. The molecule has 2 saturated heterocycles. The standard InChI is InChI=1S/C45H32Cl2FN3O6/c46-27-10-8-26(9-11-27)45-36(42(55)51(44(45)57)49-29-14-12-28(48)13-15-29)23-35-32(39(45)33-19-18-31(52)22-37(33)47)20-21-34-38(35)43(56)50(41(34)54)30-16-6-25(7-17-30)40(53)24-4-2-1-3-5-24/h1-20,22,34-36,38-39,49,52H,21,23H2/t34-,35+,36-,38-,39+,45+/m0/s1. The third kappa shape index (κ3) is 5.69. The number of fused-ring (bicyclic) bond motifs is 4. The van der Waals surface area contributed by atoms with Crippen molar-refractivity contribution < 1.29 is 33.5 Å². The first-order valence-electron chi connectivity index (χ1n) is 18.4. The first-order valence-corrected chi connectivity index (χ1v) is 19.2. The summed E-state index contributed by atoms with van der Waals surface area (Å²) in [6.07, 6.45) is 2.11. The number of halogens is 3. The second kappa shape index (κ2) is 13.8. The Balaban J connectivity index is 1.16. The minimum absolute atomic E-state index is 0.0331. The first-order chi connectivity index (χ1) is 27.5. The maximum absolute atomic E-state index is 15.3. The Morgan fingerprint density at radius 1 is 0.772 bits per heavy atom. The molecule has 2 N–H and O–H groups in total. The molecule has 5 aromatic rings. The number of imide groups is 2. The highest BCUT2D eigenvalue weighted by atomic mass is 35.5. The summed E-state index contributed by atoms with van der Waals surface area (Å²) >= 11 is 13.3. The Morgan fingerprint density at radius 3 is 2.14 bits per heavy atom. The fourth-order valence-electron chi connectivity index (χ4n) is 9.52. The van der Waals surface area contributed by atoms with Gasteiger partial charge in [0.05, 0.1) is 34.5 Å². The zero-order valence-corrected chi connectivity index (χ0v) is 31.5. The zero-order valence-electron chi connectivity index (χ0n) is 29.9. The quantitative estimate of drug-likeness (QED) is 0.0966. The van der Waals surface area contributed by atoms with Gasteiger partial charge in [-0.3, -0.25) is 34.3 Å². The van der Waals surface area contributed by atoms with Crippen LogP contribution in [0.1, 0.15) is 45.8 Å². The van der Waals surface area contributed by atoms with Gasteiger partial charge in [0.2, 0.25) is 11.8 Å². The van der Waals surface area contributed by atoms with Gasteiger partial charge in [-0.2, -0.15) is 5.01 Å². The van der Waals surface area contributed by atoms with Gasteiger partial charge in [0.15, 0.2) is 5.78 Å². The molecule has 2 aliphatic heterocycles. The summed E-state index contributed by atoms with van der Waals surface area (Å²) in [5.41, 5.74) is 4.40. The Hall–Kier alpha value is -6.10. The molecule has 12 heteroatoms. The largest absolute Gasteiger partial charge is 0.508 e. The molecule has 9 nitrogen and oxygen atoms in total. The number of nitrogens with one attached hydrogen (secondary N) is 1. The molecule has 284 valence electrons. The molecule has 3 fully saturated rings. The van der Waals surface area contributed by atoms with Gasteiger partial charge < -0.3 is 5.11 Å². The van der Waals surface area contributed by atoms with E-state index in [1.807, 2.05) is 12.1 Å². The van der Waals surface area contributed by atoms with E-state index in [4.69, 9.17) is 23.2 Å². The van der Waals surface area contributed by atoms with Crippen molar-refractivity contribution in [1.82, 2.24) is 5.01 Å². The van der Waals surface area contributed by atoms with Crippen LogP contribution in [-0.4, -0.2) is 39.5 Å². The highest BCUT2D eigenvalue weighted by Crippen LogP contribution is 2.65. The SMILES string of the molecule is O=C(c1ccccc1)c1ccc(N2C(=O)[C@H]3[C@H](CC=C4[C@H]3C[C@H]3C(=O)N(Nc5ccc(F)cc5)C(=O)[C@@]3(c3ccc(Cl)cc3)[C@H]4c3ccc(O)cc3Cl)C2=O)cc1. The van der Waals surface area contributed by atoms with Gasteiger partial charge >= 0.3 is 0 Å². The van der Waals surface area contributed by atoms with E-state index < -0.39 is 64.5 Å². The van der Waals surface area contributed by atoms with E-state index in [2.05, 4.69) is 5.43 Å². The number of carbonyl (C=O) groups is 5. The molecular formula is C45H32Cl2FN3O6. The van der Waals surface area contributed by atoms with Crippen LogP contribution < -0.4 is 10.3 Å². The van der Waals surface area contributed by atoms with Gasteiger partial charge in [0.25, 0.3) is 11.8 Å². The van der Waals surface area contributed by atoms with Gasteiger partial charge in [-0.15, -0.1) is 0 Å². The molecule has 4 aliphatic rings. The number of ketones is 1. The smallest absolute Gasteiger partial charge is 0.260 e. The number of hydrogen-bond donors (Lipinski definition) is 2. The zero-order chi connectivity index (χ0) is 39.7. The van der Waals surface area contributed by atoms with E-state index in [1.165, 1.54) is 36.4 Å². The lowest BCUT2D eigenvalue weighted by atomic mass is 9.49. The van der Waals surface area contributed by atoms with Gasteiger partial charge in [-0.25, -0.2) is 4.39 Å². The molecule has 0 radical (unpaired) electrons.